The van der Waals surface area contributed by atoms with Gasteiger partial charge in [-0.25, -0.2) is 4.79 Å². The normalized spacial score (nSPS) is 10.5. The molecule has 11 heavy (non-hydrogen) atoms. The Morgan fingerprint density at radius 1 is 1.27 bits per heavy atom. The average Bonchev–Trinajstić information content (AvgIpc) is 1.99. The van der Waals surface area contributed by atoms with E-state index < -0.39 is 11.9 Å². The zero-order chi connectivity index (χ0) is 8.85. The van der Waals surface area contributed by atoms with E-state index >= 15 is 0 Å². The van der Waals surface area contributed by atoms with Crippen molar-refractivity contribution in [1.29, 1.82) is 0 Å². The van der Waals surface area contributed by atoms with Crippen LogP contribution in [0.2, 0.25) is 0 Å². The van der Waals surface area contributed by atoms with Crippen LogP contribution in [0.1, 0.15) is 0 Å². The van der Waals surface area contributed by atoms with Crippen LogP contribution in [0, 0.1) is 0 Å². The fourth-order valence-corrected chi connectivity index (χ4v) is 0.397. The van der Waals surface area contributed by atoms with Crippen molar-refractivity contribution in [2.75, 3.05) is 14.2 Å². The van der Waals surface area contributed by atoms with Crippen LogP contribution in [0.3, 0.4) is 0 Å². The summed E-state index contributed by atoms with van der Waals surface area (Å²) in [4.78, 5) is 20.9. The molecular weight excluding hydrogens is 150 g/mol. The molecule has 0 atom stereocenters. The highest BCUT2D eigenvalue weighted by Gasteiger charge is 2.06. The van der Waals surface area contributed by atoms with Crippen LogP contribution >= 0.6 is 0 Å². The van der Waals surface area contributed by atoms with E-state index in [0.717, 1.165) is 6.08 Å². The lowest BCUT2D eigenvalue weighted by molar-refractivity contribution is -0.135. The third-order valence-corrected chi connectivity index (χ3v) is 0.913. The van der Waals surface area contributed by atoms with Gasteiger partial charge >= 0.3 is 5.97 Å². The molecule has 0 aliphatic heterocycles. The molecule has 5 heteroatoms. The van der Waals surface area contributed by atoms with Crippen LogP contribution in [0.15, 0.2) is 11.8 Å². The van der Waals surface area contributed by atoms with Crippen LogP contribution in [0.4, 0.5) is 0 Å². The molecule has 0 heterocycles. The summed E-state index contributed by atoms with van der Waals surface area (Å²) >= 11 is 0. The predicted molar refractivity (Wildman–Crippen MR) is 36.3 cm³/mol. The molecule has 0 bridgehead atoms. The van der Waals surface area contributed by atoms with Gasteiger partial charge in [0, 0.05) is 0 Å². The fraction of sp³-hybridized carbons (Fsp3) is 0.333. The summed E-state index contributed by atoms with van der Waals surface area (Å²) in [5.41, 5.74) is 4.81. The first-order valence-electron chi connectivity index (χ1n) is 2.75. The lowest BCUT2D eigenvalue weighted by atomic mass is 10.4. The molecule has 0 aliphatic carbocycles. The van der Waals surface area contributed by atoms with Gasteiger partial charge in [0.2, 0.25) is 0 Å². The molecule has 5 nitrogen and oxygen atoms in total. The summed E-state index contributed by atoms with van der Waals surface area (Å²) < 4.78 is 8.70. The van der Waals surface area contributed by atoms with E-state index in [0.29, 0.717) is 0 Å². The number of ether oxygens (including phenoxy) is 2. The minimum Gasteiger partial charge on any atom is -0.491 e. The van der Waals surface area contributed by atoms with Crippen molar-refractivity contribution in [3.05, 3.63) is 11.8 Å². The van der Waals surface area contributed by atoms with Gasteiger partial charge in [-0.3, -0.25) is 4.79 Å². The van der Waals surface area contributed by atoms with Gasteiger partial charge in [-0.2, -0.15) is 0 Å². The summed E-state index contributed by atoms with van der Waals surface area (Å²) in [7, 11) is 2.42. The van der Waals surface area contributed by atoms with Gasteiger partial charge in [0.05, 0.1) is 20.3 Å². The Bertz CT molecular complexity index is 197. The molecule has 0 rings (SSSR count). The SMILES string of the molecule is COC(=O)/C=C(\OC)C(N)=O. The highest BCUT2D eigenvalue weighted by atomic mass is 16.5. The van der Waals surface area contributed by atoms with Gasteiger partial charge in [0.15, 0.2) is 5.76 Å². The number of primary amides is 1. The van der Waals surface area contributed by atoms with E-state index in [1.807, 2.05) is 0 Å². The van der Waals surface area contributed by atoms with E-state index in [2.05, 4.69) is 9.47 Å². The Morgan fingerprint density at radius 3 is 2.09 bits per heavy atom. The zero-order valence-electron chi connectivity index (χ0n) is 6.29. The maximum Gasteiger partial charge on any atom is 0.334 e. The van der Waals surface area contributed by atoms with Gasteiger partial charge in [0.1, 0.15) is 0 Å². The number of carbonyl (C=O) groups is 2. The second-order valence-corrected chi connectivity index (χ2v) is 1.60. The summed E-state index contributed by atoms with van der Waals surface area (Å²) in [6.45, 7) is 0. The van der Waals surface area contributed by atoms with Crippen molar-refractivity contribution in [3.8, 4) is 0 Å². The third-order valence-electron chi connectivity index (χ3n) is 0.913. The van der Waals surface area contributed by atoms with Crippen molar-refractivity contribution >= 4 is 11.9 Å². The topological polar surface area (TPSA) is 78.6 Å². The molecule has 1 amide bonds. The summed E-state index contributed by atoms with van der Waals surface area (Å²) in [5.74, 6) is -1.71. The maximum atomic E-state index is 10.5. The van der Waals surface area contributed by atoms with Crippen LogP contribution in [0.25, 0.3) is 0 Å². The molecule has 62 valence electrons. The van der Waals surface area contributed by atoms with Crippen LogP contribution < -0.4 is 5.73 Å². The van der Waals surface area contributed by atoms with Gasteiger partial charge in [0.25, 0.3) is 5.91 Å². The quantitative estimate of drug-likeness (QED) is 0.331. The van der Waals surface area contributed by atoms with Crippen molar-refractivity contribution < 1.29 is 19.1 Å². The second-order valence-electron chi connectivity index (χ2n) is 1.60. The van der Waals surface area contributed by atoms with Crippen molar-refractivity contribution in [1.82, 2.24) is 0 Å². The predicted octanol–water partition coefficient (Wildman–Crippen LogP) is -0.825. The third kappa shape index (κ3) is 3.24. The summed E-state index contributed by atoms with van der Waals surface area (Å²) in [5, 5.41) is 0. The molecule has 0 radical (unpaired) electrons. The monoisotopic (exact) mass is 159 g/mol. The number of hydrogen-bond donors (Lipinski definition) is 1. The second kappa shape index (κ2) is 4.32. The van der Waals surface area contributed by atoms with E-state index in [4.69, 9.17) is 5.73 Å². The largest absolute Gasteiger partial charge is 0.491 e. The van der Waals surface area contributed by atoms with Crippen molar-refractivity contribution in [2.24, 2.45) is 5.73 Å². The van der Waals surface area contributed by atoms with E-state index in [1.54, 1.807) is 0 Å². The molecule has 0 aromatic heterocycles. The number of methoxy groups -OCH3 is 2. The molecule has 0 spiro atoms. The van der Waals surface area contributed by atoms with E-state index in [1.165, 1.54) is 14.2 Å². The number of esters is 1. The molecule has 0 unspecified atom stereocenters. The Balaban J connectivity index is 4.35. The highest BCUT2D eigenvalue weighted by Crippen LogP contribution is 1.93. The van der Waals surface area contributed by atoms with Gasteiger partial charge in [-0.15, -0.1) is 0 Å². The molecule has 0 saturated carbocycles. The Kier molecular flexibility index (Phi) is 3.72. The van der Waals surface area contributed by atoms with E-state index in [-0.39, 0.29) is 5.76 Å². The van der Waals surface area contributed by atoms with Crippen LogP contribution in [-0.4, -0.2) is 26.1 Å². The number of hydrogen-bond acceptors (Lipinski definition) is 4. The first-order valence-corrected chi connectivity index (χ1v) is 2.75. The van der Waals surface area contributed by atoms with Gasteiger partial charge in [-0.1, -0.05) is 0 Å². The maximum absolute atomic E-state index is 10.5. The Morgan fingerprint density at radius 2 is 1.82 bits per heavy atom. The van der Waals surface area contributed by atoms with Gasteiger partial charge in [-0.05, 0) is 0 Å². The lowest BCUT2D eigenvalue weighted by Crippen LogP contribution is -2.16. The molecule has 2 N–H and O–H groups in total. The lowest BCUT2D eigenvalue weighted by Gasteiger charge is -1.98. The Labute approximate surface area is 63.8 Å². The van der Waals surface area contributed by atoms with Crippen LogP contribution in [-0.2, 0) is 19.1 Å². The number of carbonyl (C=O) groups excluding carboxylic acids is 2. The average molecular weight is 159 g/mol. The Hall–Kier alpha value is -1.52. The number of nitrogens with two attached hydrogens (primary N) is 1. The zero-order valence-corrected chi connectivity index (χ0v) is 6.29. The highest BCUT2D eigenvalue weighted by molar-refractivity contribution is 5.96. The first-order chi connectivity index (χ1) is 5.11. The standard InChI is InChI=1S/C6H9NO4/c1-10-4(6(7)9)3-5(8)11-2/h3H,1-2H3,(H2,7,9)/b4-3-. The molecule has 0 fully saturated rings. The van der Waals surface area contributed by atoms with Crippen molar-refractivity contribution in [2.45, 2.75) is 0 Å². The van der Waals surface area contributed by atoms with Gasteiger partial charge < -0.3 is 15.2 Å². The minimum absolute atomic E-state index is 0.225. The smallest absolute Gasteiger partial charge is 0.334 e. The molecular formula is C6H9NO4. The number of amides is 1. The number of rotatable bonds is 3. The van der Waals surface area contributed by atoms with E-state index in [9.17, 15) is 9.59 Å². The molecule has 0 aromatic rings. The fourth-order valence-electron chi connectivity index (χ4n) is 0.397. The first kappa shape index (κ1) is 9.48. The van der Waals surface area contributed by atoms with Crippen molar-refractivity contribution in [3.63, 3.8) is 0 Å². The summed E-state index contributed by atoms with van der Waals surface area (Å²) in [6.07, 6.45) is 0.877. The van der Waals surface area contributed by atoms with Crippen LogP contribution in [0.5, 0.6) is 0 Å². The molecule has 0 aromatic carbocycles. The molecule has 0 aliphatic rings. The minimum atomic E-state index is -0.807. The summed E-state index contributed by atoms with van der Waals surface area (Å²) in [6, 6.07) is 0. The molecule has 0 saturated heterocycles.